The lowest BCUT2D eigenvalue weighted by atomic mass is 10.2. The number of primary amides is 1. The van der Waals surface area contributed by atoms with Gasteiger partial charge in [-0.25, -0.2) is 0 Å². The van der Waals surface area contributed by atoms with E-state index in [1.165, 1.54) is 0 Å². The van der Waals surface area contributed by atoms with Gasteiger partial charge in [0.05, 0.1) is 19.7 Å². The maximum absolute atomic E-state index is 11.4. The number of rotatable bonds is 6. The van der Waals surface area contributed by atoms with Crippen molar-refractivity contribution in [1.82, 2.24) is 4.90 Å². The van der Waals surface area contributed by atoms with Crippen molar-refractivity contribution in [3.63, 3.8) is 0 Å². The Morgan fingerprint density at radius 1 is 1.31 bits per heavy atom. The predicted molar refractivity (Wildman–Crippen MR) is 59.7 cm³/mol. The van der Waals surface area contributed by atoms with Crippen LogP contribution in [0.3, 0.4) is 0 Å². The van der Waals surface area contributed by atoms with E-state index in [-0.39, 0.29) is 19.1 Å². The van der Waals surface area contributed by atoms with Crippen LogP contribution in [0.4, 0.5) is 0 Å². The van der Waals surface area contributed by atoms with Gasteiger partial charge in [-0.3, -0.25) is 14.5 Å². The summed E-state index contributed by atoms with van der Waals surface area (Å²) < 4.78 is 4.88. The van der Waals surface area contributed by atoms with E-state index < -0.39 is 5.91 Å². The van der Waals surface area contributed by atoms with Crippen LogP contribution in [0.15, 0.2) is 0 Å². The first-order chi connectivity index (χ1) is 7.63. The zero-order valence-corrected chi connectivity index (χ0v) is 9.78. The van der Waals surface area contributed by atoms with Crippen LogP contribution in [0.1, 0.15) is 32.6 Å². The standard InChI is InChI=1S/C11H20N2O3/c1-2-16-11(15)8-13(7-10(12)14)9-5-3-4-6-9/h9H,2-8H2,1H3,(H2,12,14). The minimum atomic E-state index is -0.392. The van der Waals surface area contributed by atoms with E-state index in [4.69, 9.17) is 10.5 Å². The molecule has 0 unspecified atom stereocenters. The maximum Gasteiger partial charge on any atom is 0.320 e. The molecule has 5 heteroatoms. The van der Waals surface area contributed by atoms with Crippen LogP contribution in [0.25, 0.3) is 0 Å². The molecule has 1 fully saturated rings. The fourth-order valence-corrected chi connectivity index (χ4v) is 2.16. The molecule has 0 aromatic heterocycles. The van der Waals surface area contributed by atoms with Gasteiger partial charge in [-0.15, -0.1) is 0 Å². The van der Waals surface area contributed by atoms with Gasteiger partial charge >= 0.3 is 5.97 Å². The Kier molecular flexibility index (Phi) is 5.25. The summed E-state index contributed by atoms with van der Waals surface area (Å²) in [7, 11) is 0. The van der Waals surface area contributed by atoms with Crippen LogP contribution in [0, 0.1) is 0 Å². The Hall–Kier alpha value is -1.10. The second-order valence-corrected chi connectivity index (χ2v) is 4.11. The first kappa shape index (κ1) is 13.0. The van der Waals surface area contributed by atoms with Gasteiger partial charge in [-0.2, -0.15) is 0 Å². The highest BCUT2D eigenvalue weighted by molar-refractivity contribution is 5.77. The molecule has 0 atom stereocenters. The minimum absolute atomic E-state index is 0.142. The van der Waals surface area contributed by atoms with Crippen LogP contribution in [0.2, 0.25) is 0 Å². The van der Waals surface area contributed by atoms with Gasteiger partial charge in [0.25, 0.3) is 0 Å². The number of amides is 1. The lowest BCUT2D eigenvalue weighted by molar-refractivity contribution is -0.145. The van der Waals surface area contributed by atoms with Crippen molar-refractivity contribution in [2.45, 2.75) is 38.6 Å². The second-order valence-electron chi connectivity index (χ2n) is 4.11. The summed E-state index contributed by atoms with van der Waals surface area (Å²) >= 11 is 0. The van der Waals surface area contributed by atoms with Crippen molar-refractivity contribution in [1.29, 1.82) is 0 Å². The topological polar surface area (TPSA) is 72.6 Å². The Balaban J connectivity index is 2.48. The molecule has 1 rings (SSSR count). The van der Waals surface area contributed by atoms with Gasteiger partial charge in [0.15, 0.2) is 0 Å². The number of carbonyl (C=O) groups is 2. The van der Waals surface area contributed by atoms with E-state index in [0.717, 1.165) is 25.7 Å². The molecule has 0 aliphatic heterocycles. The fourth-order valence-electron chi connectivity index (χ4n) is 2.16. The van der Waals surface area contributed by atoms with Crippen molar-refractivity contribution < 1.29 is 14.3 Å². The third-order valence-corrected chi connectivity index (χ3v) is 2.84. The summed E-state index contributed by atoms with van der Waals surface area (Å²) in [5, 5.41) is 0. The minimum Gasteiger partial charge on any atom is -0.465 e. The van der Waals surface area contributed by atoms with E-state index in [1.54, 1.807) is 6.92 Å². The number of ether oxygens (including phenoxy) is 1. The smallest absolute Gasteiger partial charge is 0.320 e. The van der Waals surface area contributed by atoms with E-state index in [0.29, 0.717) is 12.6 Å². The van der Waals surface area contributed by atoms with Crippen molar-refractivity contribution in [2.24, 2.45) is 5.73 Å². The van der Waals surface area contributed by atoms with Gasteiger partial charge in [0, 0.05) is 6.04 Å². The van der Waals surface area contributed by atoms with Crippen LogP contribution in [-0.2, 0) is 14.3 Å². The lowest BCUT2D eigenvalue weighted by Crippen LogP contribution is -2.43. The molecule has 1 amide bonds. The molecule has 16 heavy (non-hydrogen) atoms. The lowest BCUT2D eigenvalue weighted by Gasteiger charge is -2.26. The molecule has 92 valence electrons. The van der Waals surface area contributed by atoms with Crippen molar-refractivity contribution >= 4 is 11.9 Å². The summed E-state index contributed by atoms with van der Waals surface area (Å²) in [6, 6.07) is 0.303. The molecule has 0 heterocycles. The van der Waals surface area contributed by atoms with Gasteiger partial charge in [-0.05, 0) is 19.8 Å². The largest absolute Gasteiger partial charge is 0.465 e. The molecule has 0 aromatic rings. The van der Waals surface area contributed by atoms with Crippen LogP contribution in [-0.4, -0.2) is 42.5 Å². The van der Waals surface area contributed by atoms with Crippen LogP contribution < -0.4 is 5.73 Å². The summed E-state index contributed by atoms with van der Waals surface area (Å²) in [5.74, 6) is -0.674. The number of esters is 1. The van der Waals surface area contributed by atoms with Gasteiger partial charge in [0.2, 0.25) is 5.91 Å². The summed E-state index contributed by atoms with van der Waals surface area (Å²) in [5.41, 5.74) is 5.18. The number of hydrogen-bond donors (Lipinski definition) is 1. The van der Waals surface area contributed by atoms with E-state index in [2.05, 4.69) is 0 Å². The monoisotopic (exact) mass is 228 g/mol. The molecular weight excluding hydrogens is 208 g/mol. The van der Waals surface area contributed by atoms with Crippen LogP contribution in [0.5, 0.6) is 0 Å². The Labute approximate surface area is 95.9 Å². The van der Waals surface area contributed by atoms with E-state index in [1.807, 2.05) is 4.90 Å². The summed E-state index contributed by atoms with van der Waals surface area (Å²) in [6.45, 7) is 2.45. The number of carbonyl (C=O) groups excluding carboxylic acids is 2. The first-order valence-corrected chi connectivity index (χ1v) is 5.81. The van der Waals surface area contributed by atoms with Crippen LogP contribution >= 0.6 is 0 Å². The molecule has 1 aliphatic rings. The molecule has 0 radical (unpaired) electrons. The zero-order chi connectivity index (χ0) is 12.0. The average Bonchev–Trinajstić information content (AvgIpc) is 2.68. The normalized spacial score (nSPS) is 16.6. The molecule has 0 aromatic carbocycles. The van der Waals surface area contributed by atoms with Gasteiger partial charge < -0.3 is 10.5 Å². The highest BCUT2D eigenvalue weighted by Crippen LogP contribution is 2.23. The SMILES string of the molecule is CCOC(=O)CN(CC(N)=O)C1CCCC1. The number of nitrogens with zero attached hydrogens (tertiary/aromatic N) is 1. The third-order valence-electron chi connectivity index (χ3n) is 2.84. The molecule has 1 saturated carbocycles. The molecule has 5 nitrogen and oxygen atoms in total. The Morgan fingerprint density at radius 3 is 2.44 bits per heavy atom. The zero-order valence-electron chi connectivity index (χ0n) is 9.78. The number of hydrogen-bond acceptors (Lipinski definition) is 4. The average molecular weight is 228 g/mol. The fraction of sp³-hybridized carbons (Fsp3) is 0.818. The molecule has 2 N–H and O–H groups in total. The molecular formula is C11H20N2O3. The van der Waals surface area contributed by atoms with E-state index >= 15 is 0 Å². The molecule has 0 bridgehead atoms. The second kappa shape index (κ2) is 6.48. The Morgan fingerprint density at radius 2 is 1.94 bits per heavy atom. The number of nitrogens with two attached hydrogens (primary N) is 1. The van der Waals surface area contributed by atoms with Gasteiger partial charge in [-0.1, -0.05) is 12.8 Å². The van der Waals surface area contributed by atoms with Crippen molar-refractivity contribution in [2.75, 3.05) is 19.7 Å². The highest BCUT2D eigenvalue weighted by Gasteiger charge is 2.25. The summed E-state index contributed by atoms with van der Waals surface area (Å²) in [4.78, 5) is 24.2. The third kappa shape index (κ3) is 4.18. The van der Waals surface area contributed by atoms with Gasteiger partial charge in [0.1, 0.15) is 0 Å². The maximum atomic E-state index is 11.4. The van der Waals surface area contributed by atoms with E-state index in [9.17, 15) is 9.59 Å². The molecule has 1 aliphatic carbocycles. The van der Waals surface area contributed by atoms with Crippen molar-refractivity contribution in [3.05, 3.63) is 0 Å². The molecule has 0 saturated heterocycles. The van der Waals surface area contributed by atoms with Crippen molar-refractivity contribution in [3.8, 4) is 0 Å². The quantitative estimate of drug-likeness (QED) is 0.663. The first-order valence-electron chi connectivity index (χ1n) is 5.81. The summed E-state index contributed by atoms with van der Waals surface area (Å²) in [6.07, 6.45) is 4.38. The molecule has 0 spiro atoms. The predicted octanol–water partition coefficient (Wildman–Crippen LogP) is 0.279. The highest BCUT2D eigenvalue weighted by atomic mass is 16.5. The Bertz CT molecular complexity index is 250.